The third-order valence-corrected chi connectivity index (χ3v) is 5.59. The van der Waals surface area contributed by atoms with Gasteiger partial charge in [0, 0.05) is 53.0 Å². The second-order valence-electron chi connectivity index (χ2n) is 7.91. The number of anilines is 1. The van der Waals surface area contributed by atoms with Crippen molar-refractivity contribution in [2.24, 2.45) is 4.99 Å². The number of rotatable bonds is 8. The number of nitrogens with one attached hydrogen (secondary N) is 2. The summed E-state index contributed by atoms with van der Waals surface area (Å²) in [7, 11) is 5.87. The van der Waals surface area contributed by atoms with Gasteiger partial charge >= 0.3 is 0 Å². The van der Waals surface area contributed by atoms with Crippen molar-refractivity contribution in [3.8, 4) is 0 Å². The van der Waals surface area contributed by atoms with Crippen molar-refractivity contribution < 1.29 is 9.13 Å². The fourth-order valence-electron chi connectivity index (χ4n) is 3.73. The molecule has 0 radical (unpaired) electrons. The van der Waals surface area contributed by atoms with Crippen LogP contribution in [0.3, 0.4) is 0 Å². The van der Waals surface area contributed by atoms with Crippen LogP contribution in [0.4, 0.5) is 10.1 Å². The van der Waals surface area contributed by atoms with E-state index < -0.39 is 0 Å². The van der Waals surface area contributed by atoms with E-state index in [1.807, 2.05) is 26.2 Å². The summed E-state index contributed by atoms with van der Waals surface area (Å²) in [6.07, 6.45) is 0.916. The molecule has 1 fully saturated rings. The highest BCUT2D eigenvalue weighted by Crippen LogP contribution is 2.21. The van der Waals surface area contributed by atoms with Gasteiger partial charge in [0.25, 0.3) is 0 Å². The molecule has 0 aromatic heterocycles. The topological polar surface area (TPSA) is 52.1 Å². The minimum Gasteiger partial charge on any atom is -0.379 e. The predicted octanol–water partition coefficient (Wildman–Crippen LogP) is 2.67. The lowest BCUT2D eigenvalue weighted by Crippen LogP contribution is -2.46. The largest absolute Gasteiger partial charge is 0.379 e. The van der Waals surface area contributed by atoms with Crippen LogP contribution in [0.1, 0.15) is 17.2 Å². The molecular formula is C24H34FN5O. The molecule has 2 aromatic carbocycles. The first-order valence-electron chi connectivity index (χ1n) is 10.8. The van der Waals surface area contributed by atoms with Gasteiger partial charge in [0.15, 0.2) is 5.96 Å². The zero-order valence-electron chi connectivity index (χ0n) is 18.8. The molecule has 0 amide bonds. The van der Waals surface area contributed by atoms with E-state index in [2.05, 4.69) is 49.7 Å². The zero-order chi connectivity index (χ0) is 22.1. The van der Waals surface area contributed by atoms with E-state index >= 15 is 0 Å². The predicted molar refractivity (Wildman–Crippen MR) is 125 cm³/mol. The van der Waals surface area contributed by atoms with Crippen LogP contribution < -0.4 is 15.5 Å². The van der Waals surface area contributed by atoms with E-state index in [1.165, 1.54) is 23.4 Å². The first-order chi connectivity index (χ1) is 15.1. The fourth-order valence-corrected chi connectivity index (χ4v) is 3.73. The summed E-state index contributed by atoms with van der Waals surface area (Å²) in [4.78, 5) is 8.84. The van der Waals surface area contributed by atoms with Crippen LogP contribution in [0.15, 0.2) is 53.5 Å². The molecule has 31 heavy (non-hydrogen) atoms. The summed E-state index contributed by atoms with van der Waals surface area (Å²) < 4.78 is 18.9. The number of hydrogen-bond acceptors (Lipinski definition) is 4. The van der Waals surface area contributed by atoms with Crippen LogP contribution in [0.5, 0.6) is 0 Å². The number of halogens is 1. The number of morpholine rings is 1. The molecule has 1 heterocycles. The number of nitrogens with zero attached hydrogens (tertiary/aromatic N) is 3. The summed E-state index contributed by atoms with van der Waals surface area (Å²) in [6, 6.07) is 15.5. The first-order valence-corrected chi connectivity index (χ1v) is 10.8. The van der Waals surface area contributed by atoms with E-state index in [0.29, 0.717) is 6.54 Å². The van der Waals surface area contributed by atoms with E-state index in [1.54, 1.807) is 7.05 Å². The highest BCUT2D eigenvalue weighted by molar-refractivity contribution is 5.79. The molecule has 2 N–H and O–H groups in total. The lowest BCUT2D eigenvalue weighted by atomic mass is 10.0. The Labute approximate surface area is 185 Å². The van der Waals surface area contributed by atoms with Gasteiger partial charge in [0.05, 0.1) is 19.3 Å². The number of guanidine groups is 1. The van der Waals surface area contributed by atoms with Crippen molar-refractivity contribution in [2.75, 3.05) is 65.4 Å². The summed E-state index contributed by atoms with van der Waals surface area (Å²) in [5.41, 5.74) is 3.57. The van der Waals surface area contributed by atoms with Gasteiger partial charge in [0.2, 0.25) is 0 Å². The lowest BCUT2D eigenvalue weighted by molar-refractivity contribution is 0.0170. The fraction of sp³-hybridized carbons (Fsp3) is 0.458. The lowest BCUT2D eigenvalue weighted by Gasteiger charge is -2.35. The molecule has 1 unspecified atom stereocenters. The summed E-state index contributed by atoms with van der Waals surface area (Å²) in [6.45, 7) is 4.63. The van der Waals surface area contributed by atoms with Crippen molar-refractivity contribution in [1.29, 1.82) is 0 Å². The molecule has 7 heteroatoms. The van der Waals surface area contributed by atoms with Gasteiger partial charge in [0.1, 0.15) is 5.82 Å². The molecule has 1 aliphatic heterocycles. The molecule has 0 saturated carbocycles. The van der Waals surface area contributed by atoms with Gasteiger partial charge in [-0.1, -0.05) is 24.3 Å². The molecule has 2 aromatic rings. The van der Waals surface area contributed by atoms with Gasteiger partial charge in [-0.3, -0.25) is 9.89 Å². The highest BCUT2D eigenvalue weighted by Gasteiger charge is 2.23. The Hall–Kier alpha value is -2.64. The third kappa shape index (κ3) is 6.94. The van der Waals surface area contributed by atoms with Crippen LogP contribution in [0, 0.1) is 5.82 Å². The molecule has 0 spiro atoms. The number of benzene rings is 2. The molecule has 168 valence electrons. The second-order valence-corrected chi connectivity index (χ2v) is 7.91. The van der Waals surface area contributed by atoms with Crippen molar-refractivity contribution in [1.82, 2.24) is 15.5 Å². The standard InChI is InChI=1S/C24H34FN5O/c1-26-24(27-13-12-19-4-10-22(11-5-19)29(2)3)28-18-23(30-14-16-31-17-15-30)20-6-8-21(25)9-7-20/h4-11,23H,12-18H2,1-3H3,(H2,26,27,28). The molecule has 0 aliphatic carbocycles. The maximum atomic E-state index is 13.4. The summed E-state index contributed by atoms with van der Waals surface area (Å²) in [5, 5.41) is 6.85. The Morgan fingerprint density at radius 1 is 1.06 bits per heavy atom. The third-order valence-electron chi connectivity index (χ3n) is 5.59. The minimum absolute atomic E-state index is 0.127. The Balaban J connectivity index is 1.54. The maximum absolute atomic E-state index is 13.4. The molecule has 6 nitrogen and oxygen atoms in total. The van der Waals surface area contributed by atoms with Crippen molar-refractivity contribution in [3.63, 3.8) is 0 Å². The van der Waals surface area contributed by atoms with E-state index in [9.17, 15) is 4.39 Å². The molecular weight excluding hydrogens is 393 g/mol. The normalized spacial score (nSPS) is 16.1. The minimum atomic E-state index is -0.214. The van der Waals surface area contributed by atoms with Gasteiger partial charge in [-0.15, -0.1) is 0 Å². The molecule has 1 atom stereocenters. The Bertz CT molecular complexity index is 817. The van der Waals surface area contributed by atoms with Crippen LogP contribution in [-0.4, -0.2) is 71.4 Å². The average molecular weight is 428 g/mol. The molecule has 3 rings (SSSR count). The zero-order valence-corrected chi connectivity index (χ0v) is 18.8. The van der Waals surface area contributed by atoms with Gasteiger partial charge in [-0.25, -0.2) is 4.39 Å². The molecule has 0 bridgehead atoms. The summed E-state index contributed by atoms with van der Waals surface area (Å²) >= 11 is 0. The van der Waals surface area contributed by atoms with Crippen molar-refractivity contribution in [3.05, 3.63) is 65.5 Å². The SMILES string of the molecule is CN=C(NCCc1ccc(N(C)C)cc1)NCC(c1ccc(F)cc1)N1CCOCC1. The van der Waals surface area contributed by atoms with Crippen LogP contribution in [0.25, 0.3) is 0 Å². The van der Waals surface area contributed by atoms with Crippen LogP contribution in [-0.2, 0) is 11.2 Å². The molecule has 1 aliphatic rings. The van der Waals surface area contributed by atoms with Crippen LogP contribution in [0.2, 0.25) is 0 Å². The quantitative estimate of drug-likeness (QED) is 0.501. The smallest absolute Gasteiger partial charge is 0.191 e. The first kappa shape index (κ1) is 23.0. The van der Waals surface area contributed by atoms with Crippen molar-refractivity contribution >= 4 is 11.6 Å². The number of ether oxygens (including phenoxy) is 1. The van der Waals surface area contributed by atoms with E-state index in [-0.39, 0.29) is 11.9 Å². The number of hydrogen-bond donors (Lipinski definition) is 2. The Morgan fingerprint density at radius 3 is 2.35 bits per heavy atom. The second kappa shape index (κ2) is 11.7. The monoisotopic (exact) mass is 427 g/mol. The van der Waals surface area contributed by atoms with E-state index in [4.69, 9.17) is 4.74 Å². The number of aliphatic imine (C=N–C) groups is 1. The van der Waals surface area contributed by atoms with Gasteiger partial charge < -0.3 is 20.3 Å². The maximum Gasteiger partial charge on any atom is 0.191 e. The van der Waals surface area contributed by atoms with Gasteiger partial charge in [-0.2, -0.15) is 0 Å². The van der Waals surface area contributed by atoms with Gasteiger partial charge in [-0.05, 0) is 41.8 Å². The average Bonchev–Trinajstić information content (AvgIpc) is 2.80. The van der Waals surface area contributed by atoms with Crippen molar-refractivity contribution in [2.45, 2.75) is 12.5 Å². The van der Waals surface area contributed by atoms with E-state index in [0.717, 1.165) is 50.8 Å². The highest BCUT2D eigenvalue weighted by atomic mass is 19.1. The Morgan fingerprint density at radius 2 is 1.74 bits per heavy atom. The van der Waals surface area contributed by atoms with Crippen LogP contribution >= 0.6 is 0 Å². The summed E-state index contributed by atoms with van der Waals surface area (Å²) in [5.74, 6) is 0.554. The molecule has 1 saturated heterocycles. The Kier molecular flexibility index (Phi) is 8.67.